The number of anilines is 2. The van der Waals surface area contributed by atoms with E-state index in [9.17, 15) is 14.4 Å². The summed E-state index contributed by atoms with van der Waals surface area (Å²) in [5, 5.41) is 2.81. The van der Waals surface area contributed by atoms with Gasteiger partial charge in [0.2, 0.25) is 0 Å². The molecular weight excluding hydrogens is 476 g/mol. The molecule has 3 aromatic carbocycles. The van der Waals surface area contributed by atoms with Crippen molar-refractivity contribution in [1.29, 1.82) is 0 Å². The van der Waals surface area contributed by atoms with Gasteiger partial charge in [-0.1, -0.05) is 66.2 Å². The van der Waals surface area contributed by atoms with Gasteiger partial charge in [-0.2, -0.15) is 0 Å². The summed E-state index contributed by atoms with van der Waals surface area (Å²) in [5.41, 5.74) is 3.00. The maximum Gasteiger partial charge on any atom is 0.279 e. The molecule has 1 N–H and O–H groups in total. The smallest absolute Gasteiger partial charge is 0.279 e. The van der Waals surface area contributed by atoms with E-state index in [0.717, 1.165) is 29.2 Å². The summed E-state index contributed by atoms with van der Waals surface area (Å²) in [4.78, 5) is 44.0. The predicted molar refractivity (Wildman–Crippen MR) is 140 cm³/mol. The van der Waals surface area contributed by atoms with E-state index in [4.69, 9.17) is 11.6 Å². The van der Waals surface area contributed by atoms with Gasteiger partial charge in [-0.25, -0.2) is 0 Å². The van der Waals surface area contributed by atoms with Crippen LogP contribution in [0.5, 0.6) is 0 Å². The molecule has 0 saturated carbocycles. The molecule has 0 spiro atoms. The number of benzene rings is 3. The number of rotatable bonds is 6. The zero-order chi connectivity index (χ0) is 25.1. The second kappa shape index (κ2) is 10.3. The van der Waals surface area contributed by atoms with Gasteiger partial charge in [0.15, 0.2) is 0 Å². The molecule has 0 atom stereocenters. The van der Waals surface area contributed by atoms with E-state index >= 15 is 0 Å². The fraction of sp³-hybridized carbons (Fsp3) is 0.179. The average Bonchev–Trinajstić information content (AvgIpc) is 3.12. The van der Waals surface area contributed by atoms with Gasteiger partial charge in [-0.05, 0) is 35.9 Å². The first kappa shape index (κ1) is 23.6. The largest absolute Gasteiger partial charge is 0.368 e. The van der Waals surface area contributed by atoms with Gasteiger partial charge in [0, 0.05) is 43.1 Å². The van der Waals surface area contributed by atoms with E-state index in [1.54, 1.807) is 24.3 Å². The highest BCUT2D eigenvalue weighted by atomic mass is 35.5. The van der Waals surface area contributed by atoms with Crippen LogP contribution in [-0.2, 0) is 16.1 Å². The topological polar surface area (TPSA) is 73.0 Å². The Balaban J connectivity index is 1.25. The molecule has 1 saturated heterocycles. The van der Waals surface area contributed by atoms with Crippen LogP contribution in [0.3, 0.4) is 0 Å². The SMILES string of the molecule is O=C(c1cccc(NC2=C(Cl)C(=O)N(Cc3ccccc3)C2=O)c1)N1CCN(c2ccccc2)CC1. The van der Waals surface area contributed by atoms with Crippen molar-refractivity contribution in [3.8, 4) is 0 Å². The van der Waals surface area contributed by atoms with E-state index in [2.05, 4.69) is 22.3 Å². The lowest BCUT2D eigenvalue weighted by molar-refractivity contribution is -0.138. The molecule has 0 bridgehead atoms. The summed E-state index contributed by atoms with van der Waals surface area (Å²) >= 11 is 6.25. The van der Waals surface area contributed by atoms with Crippen LogP contribution < -0.4 is 10.2 Å². The summed E-state index contributed by atoms with van der Waals surface area (Å²) in [5.74, 6) is -1.12. The molecule has 1 fully saturated rings. The fourth-order valence-electron chi connectivity index (χ4n) is 4.43. The van der Waals surface area contributed by atoms with E-state index in [1.165, 1.54) is 0 Å². The van der Waals surface area contributed by atoms with Crippen LogP contribution in [-0.4, -0.2) is 53.7 Å². The lowest BCUT2D eigenvalue weighted by Gasteiger charge is -2.36. The average molecular weight is 501 g/mol. The van der Waals surface area contributed by atoms with Gasteiger partial charge in [-0.3, -0.25) is 19.3 Å². The van der Waals surface area contributed by atoms with Crippen molar-refractivity contribution in [2.75, 3.05) is 36.4 Å². The number of amides is 3. The summed E-state index contributed by atoms with van der Waals surface area (Å²) in [7, 11) is 0. The van der Waals surface area contributed by atoms with Crippen LogP contribution in [0.25, 0.3) is 0 Å². The number of nitrogens with one attached hydrogen (secondary N) is 1. The van der Waals surface area contributed by atoms with Crippen LogP contribution in [0, 0.1) is 0 Å². The molecule has 5 rings (SSSR count). The molecule has 0 radical (unpaired) electrons. The third-order valence-electron chi connectivity index (χ3n) is 6.36. The fourth-order valence-corrected chi connectivity index (χ4v) is 4.66. The van der Waals surface area contributed by atoms with Crippen LogP contribution in [0.2, 0.25) is 0 Å². The second-order valence-corrected chi connectivity index (χ2v) is 9.07. The normalized spacial score (nSPS) is 16.1. The molecule has 36 heavy (non-hydrogen) atoms. The zero-order valence-electron chi connectivity index (χ0n) is 19.6. The van der Waals surface area contributed by atoms with E-state index < -0.39 is 11.8 Å². The van der Waals surface area contributed by atoms with Crippen LogP contribution >= 0.6 is 11.6 Å². The number of carbonyl (C=O) groups excluding carboxylic acids is 3. The van der Waals surface area contributed by atoms with Gasteiger partial charge in [0.05, 0.1) is 6.54 Å². The Morgan fingerprint density at radius 2 is 1.47 bits per heavy atom. The Bertz CT molecular complexity index is 1320. The lowest BCUT2D eigenvalue weighted by atomic mass is 10.1. The van der Waals surface area contributed by atoms with Crippen molar-refractivity contribution in [2.45, 2.75) is 6.54 Å². The van der Waals surface area contributed by atoms with Crippen LogP contribution in [0.15, 0.2) is 95.7 Å². The molecule has 0 aromatic heterocycles. The predicted octanol–water partition coefficient (Wildman–Crippen LogP) is 4.08. The number of nitrogens with zero attached hydrogens (tertiary/aromatic N) is 3. The Labute approximate surface area is 214 Å². The standard InChI is InChI=1S/C28H25ClN4O3/c29-24-25(28(36)33(27(24)35)19-20-8-3-1-4-9-20)30-22-11-7-10-21(18-22)26(34)32-16-14-31(15-17-32)23-12-5-2-6-13-23/h1-13,18,30H,14-17,19H2. The summed E-state index contributed by atoms with van der Waals surface area (Å²) in [6, 6.07) is 26.3. The summed E-state index contributed by atoms with van der Waals surface area (Å²) in [6.45, 7) is 2.87. The minimum absolute atomic E-state index is 0.0127. The van der Waals surface area contributed by atoms with Crippen molar-refractivity contribution in [3.63, 3.8) is 0 Å². The van der Waals surface area contributed by atoms with E-state index in [-0.39, 0.29) is 23.2 Å². The van der Waals surface area contributed by atoms with Gasteiger partial charge in [0.25, 0.3) is 17.7 Å². The highest BCUT2D eigenvalue weighted by Gasteiger charge is 2.37. The minimum Gasteiger partial charge on any atom is -0.368 e. The Hall–Kier alpha value is -4.10. The van der Waals surface area contributed by atoms with Crippen molar-refractivity contribution in [2.24, 2.45) is 0 Å². The van der Waals surface area contributed by atoms with Crippen LogP contribution in [0.4, 0.5) is 11.4 Å². The first-order valence-electron chi connectivity index (χ1n) is 11.8. The van der Waals surface area contributed by atoms with Crippen molar-refractivity contribution in [3.05, 3.63) is 107 Å². The molecular formula is C28H25ClN4O3. The summed E-state index contributed by atoms with van der Waals surface area (Å²) in [6.07, 6.45) is 0. The molecule has 2 aliphatic heterocycles. The van der Waals surface area contributed by atoms with Gasteiger partial charge < -0.3 is 15.1 Å². The van der Waals surface area contributed by atoms with Gasteiger partial charge in [0.1, 0.15) is 10.7 Å². The maximum atomic E-state index is 13.2. The molecule has 0 unspecified atom stereocenters. The number of hydrogen-bond donors (Lipinski definition) is 1. The molecule has 2 aliphatic rings. The molecule has 8 heteroatoms. The monoisotopic (exact) mass is 500 g/mol. The van der Waals surface area contributed by atoms with Crippen molar-refractivity contribution < 1.29 is 14.4 Å². The van der Waals surface area contributed by atoms with E-state index in [0.29, 0.717) is 24.3 Å². The van der Waals surface area contributed by atoms with Gasteiger partial charge >= 0.3 is 0 Å². The minimum atomic E-state index is -0.545. The number of para-hydroxylation sites is 1. The Morgan fingerprint density at radius 1 is 0.806 bits per heavy atom. The molecule has 3 amide bonds. The number of imide groups is 1. The number of carbonyl (C=O) groups is 3. The molecule has 7 nitrogen and oxygen atoms in total. The molecule has 2 heterocycles. The zero-order valence-corrected chi connectivity index (χ0v) is 20.3. The Morgan fingerprint density at radius 3 is 2.17 bits per heavy atom. The second-order valence-electron chi connectivity index (χ2n) is 8.69. The van der Waals surface area contributed by atoms with Crippen molar-refractivity contribution >= 4 is 40.7 Å². The molecule has 182 valence electrons. The third kappa shape index (κ3) is 4.83. The Kier molecular flexibility index (Phi) is 6.73. The molecule has 3 aromatic rings. The third-order valence-corrected chi connectivity index (χ3v) is 6.71. The van der Waals surface area contributed by atoms with Crippen LogP contribution in [0.1, 0.15) is 15.9 Å². The van der Waals surface area contributed by atoms with Gasteiger partial charge in [-0.15, -0.1) is 0 Å². The number of halogens is 1. The first-order chi connectivity index (χ1) is 17.5. The van der Waals surface area contributed by atoms with Crippen molar-refractivity contribution in [1.82, 2.24) is 9.80 Å². The lowest BCUT2D eigenvalue weighted by Crippen LogP contribution is -2.48. The number of hydrogen-bond acceptors (Lipinski definition) is 5. The maximum absolute atomic E-state index is 13.2. The summed E-state index contributed by atoms with van der Waals surface area (Å²) < 4.78 is 0. The first-order valence-corrected chi connectivity index (χ1v) is 12.2. The highest BCUT2D eigenvalue weighted by molar-refractivity contribution is 6.48. The number of piperazine rings is 1. The quantitative estimate of drug-likeness (QED) is 0.516. The highest BCUT2D eigenvalue weighted by Crippen LogP contribution is 2.27. The molecule has 0 aliphatic carbocycles. The van der Waals surface area contributed by atoms with E-state index in [1.807, 2.05) is 53.4 Å².